The number of carbonyl (C=O) groups is 1. The van der Waals surface area contributed by atoms with E-state index >= 15 is 0 Å². The number of nitrogens with zero attached hydrogens (tertiary/aromatic N) is 3. The Morgan fingerprint density at radius 1 is 1.07 bits per heavy atom. The minimum absolute atomic E-state index is 0.180. The van der Waals surface area contributed by atoms with Crippen LogP contribution in [0.15, 0.2) is 58.3 Å². The molecular weight excluding hydrogens is 410 g/mol. The van der Waals surface area contributed by atoms with Gasteiger partial charge in [0.1, 0.15) is 4.34 Å². The quantitative estimate of drug-likeness (QED) is 0.512. The first kappa shape index (κ1) is 20.9. The number of amides is 1. The van der Waals surface area contributed by atoms with Crippen molar-refractivity contribution in [1.29, 1.82) is 0 Å². The van der Waals surface area contributed by atoms with Crippen molar-refractivity contribution in [1.82, 2.24) is 9.88 Å². The lowest BCUT2D eigenvalue weighted by Gasteiger charge is -2.36. The normalized spacial score (nSPS) is 14.2. The molecule has 3 aromatic rings. The number of para-hydroxylation sites is 1. The average molecular weight is 438 g/mol. The summed E-state index contributed by atoms with van der Waals surface area (Å²) in [5.41, 5.74) is 6.07. The Bertz CT molecular complexity index is 995. The highest BCUT2D eigenvalue weighted by molar-refractivity contribution is 8.00. The molecule has 0 atom stereocenters. The van der Waals surface area contributed by atoms with Crippen LogP contribution in [0.5, 0.6) is 0 Å². The van der Waals surface area contributed by atoms with Gasteiger partial charge in [-0.3, -0.25) is 4.79 Å². The van der Waals surface area contributed by atoms with Gasteiger partial charge in [-0.25, -0.2) is 4.98 Å². The van der Waals surface area contributed by atoms with Gasteiger partial charge in [0.25, 0.3) is 0 Å². The third kappa shape index (κ3) is 5.24. The van der Waals surface area contributed by atoms with Gasteiger partial charge in [-0.05, 0) is 37.1 Å². The molecule has 1 saturated heterocycles. The van der Waals surface area contributed by atoms with Gasteiger partial charge in [0.15, 0.2) is 0 Å². The van der Waals surface area contributed by atoms with Gasteiger partial charge in [-0.15, -0.1) is 11.3 Å². The van der Waals surface area contributed by atoms with Crippen LogP contribution < -0.4 is 4.90 Å². The zero-order chi connectivity index (χ0) is 20.9. The second-order valence-corrected chi connectivity index (χ2v) is 9.78. The fraction of sp³-hybridized carbons (Fsp3) is 0.333. The van der Waals surface area contributed by atoms with Gasteiger partial charge in [0.05, 0.1) is 12.1 Å². The molecule has 1 aliphatic heterocycles. The number of benzene rings is 2. The number of piperazine rings is 1. The number of aromatic nitrogens is 1. The predicted molar refractivity (Wildman–Crippen MR) is 127 cm³/mol. The van der Waals surface area contributed by atoms with E-state index in [9.17, 15) is 4.79 Å². The summed E-state index contributed by atoms with van der Waals surface area (Å²) >= 11 is 3.39. The van der Waals surface area contributed by atoms with Crippen molar-refractivity contribution in [3.63, 3.8) is 0 Å². The van der Waals surface area contributed by atoms with Crippen LogP contribution in [0.2, 0.25) is 0 Å². The summed E-state index contributed by atoms with van der Waals surface area (Å²) in [6.07, 6.45) is 0.395. The van der Waals surface area contributed by atoms with Crippen molar-refractivity contribution in [2.45, 2.75) is 30.4 Å². The molecule has 1 aromatic heterocycles. The summed E-state index contributed by atoms with van der Waals surface area (Å²) in [5, 5.41) is 2.03. The molecule has 0 aliphatic carbocycles. The second-order valence-electron chi connectivity index (χ2n) is 7.70. The van der Waals surface area contributed by atoms with Gasteiger partial charge >= 0.3 is 0 Å². The van der Waals surface area contributed by atoms with Gasteiger partial charge in [0, 0.05) is 43.0 Å². The average Bonchev–Trinajstić information content (AvgIpc) is 3.22. The lowest BCUT2D eigenvalue weighted by molar-refractivity contribution is -0.130. The minimum Gasteiger partial charge on any atom is -0.368 e. The molecule has 0 radical (unpaired) electrons. The third-order valence-electron chi connectivity index (χ3n) is 5.47. The highest BCUT2D eigenvalue weighted by Gasteiger charge is 2.22. The first-order valence-electron chi connectivity index (χ1n) is 10.3. The maximum Gasteiger partial charge on any atom is 0.228 e. The molecule has 1 aliphatic rings. The van der Waals surface area contributed by atoms with Crippen LogP contribution >= 0.6 is 23.1 Å². The highest BCUT2D eigenvalue weighted by Crippen LogP contribution is 2.28. The van der Waals surface area contributed by atoms with Crippen molar-refractivity contribution in [3.05, 3.63) is 76.3 Å². The molecule has 2 aromatic carbocycles. The van der Waals surface area contributed by atoms with E-state index in [2.05, 4.69) is 61.2 Å². The summed E-state index contributed by atoms with van der Waals surface area (Å²) in [4.78, 5) is 21.8. The van der Waals surface area contributed by atoms with Gasteiger partial charge in [-0.2, -0.15) is 0 Å². The number of thiazole rings is 1. The molecule has 2 heterocycles. The number of anilines is 1. The molecule has 0 unspecified atom stereocenters. The van der Waals surface area contributed by atoms with Crippen LogP contribution in [0.4, 0.5) is 5.69 Å². The fourth-order valence-electron chi connectivity index (χ4n) is 3.65. The Morgan fingerprint density at radius 2 is 1.83 bits per heavy atom. The van der Waals surface area contributed by atoms with E-state index in [1.807, 2.05) is 16.3 Å². The first-order chi connectivity index (χ1) is 14.6. The molecule has 156 valence electrons. The summed E-state index contributed by atoms with van der Waals surface area (Å²) in [5.74, 6) is 1.09. The topological polar surface area (TPSA) is 36.4 Å². The smallest absolute Gasteiger partial charge is 0.228 e. The van der Waals surface area contributed by atoms with Crippen molar-refractivity contribution in [3.8, 4) is 0 Å². The highest BCUT2D eigenvalue weighted by atomic mass is 32.2. The van der Waals surface area contributed by atoms with Crippen LogP contribution in [0.3, 0.4) is 0 Å². The fourth-order valence-corrected chi connectivity index (χ4v) is 5.56. The molecule has 1 amide bonds. The van der Waals surface area contributed by atoms with E-state index in [4.69, 9.17) is 4.98 Å². The standard InChI is InChI=1S/C24H27N3OS2/c1-18-8-9-19(2)20(14-18)16-29-24-25-21(17-30-24)15-23(28)27-12-10-26(11-13-27)22-6-4-3-5-7-22/h3-9,14,17H,10-13,15-16H2,1-2H3. The molecule has 1 fully saturated rings. The zero-order valence-corrected chi connectivity index (χ0v) is 19.1. The molecule has 0 N–H and O–H groups in total. The maximum atomic E-state index is 12.7. The third-order valence-corrected chi connectivity index (χ3v) is 7.59. The molecule has 0 bridgehead atoms. The number of hydrogen-bond acceptors (Lipinski definition) is 5. The van der Waals surface area contributed by atoms with E-state index in [1.54, 1.807) is 23.1 Å². The van der Waals surface area contributed by atoms with E-state index < -0.39 is 0 Å². The second kappa shape index (κ2) is 9.67. The van der Waals surface area contributed by atoms with Crippen molar-refractivity contribution >= 4 is 34.7 Å². The van der Waals surface area contributed by atoms with E-state index in [0.717, 1.165) is 42.0 Å². The summed E-state index contributed by atoms with van der Waals surface area (Å²) in [6.45, 7) is 7.57. The van der Waals surface area contributed by atoms with Gasteiger partial charge in [-0.1, -0.05) is 53.7 Å². The molecule has 4 nitrogen and oxygen atoms in total. The lowest BCUT2D eigenvalue weighted by atomic mass is 10.1. The largest absolute Gasteiger partial charge is 0.368 e. The van der Waals surface area contributed by atoms with Crippen molar-refractivity contribution < 1.29 is 4.79 Å². The minimum atomic E-state index is 0.180. The Morgan fingerprint density at radius 3 is 2.60 bits per heavy atom. The Balaban J connectivity index is 1.27. The SMILES string of the molecule is Cc1ccc(C)c(CSc2nc(CC(=O)N3CCN(c4ccccc4)CC3)cs2)c1. The Kier molecular flexibility index (Phi) is 6.75. The number of hydrogen-bond donors (Lipinski definition) is 0. The predicted octanol–water partition coefficient (Wildman–Crippen LogP) is 4.94. The maximum absolute atomic E-state index is 12.7. The summed E-state index contributed by atoms with van der Waals surface area (Å²) in [7, 11) is 0. The zero-order valence-electron chi connectivity index (χ0n) is 17.5. The first-order valence-corrected chi connectivity index (χ1v) is 12.2. The summed E-state index contributed by atoms with van der Waals surface area (Å²) < 4.78 is 1.03. The monoisotopic (exact) mass is 437 g/mol. The van der Waals surface area contributed by atoms with Crippen LogP contribution in [0.25, 0.3) is 0 Å². The van der Waals surface area contributed by atoms with Gasteiger partial charge in [0.2, 0.25) is 5.91 Å². The molecule has 0 saturated carbocycles. The molecular formula is C24H27N3OS2. The van der Waals surface area contributed by atoms with Crippen LogP contribution in [0.1, 0.15) is 22.4 Å². The van der Waals surface area contributed by atoms with Gasteiger partial charge < -0.3 is 9.80 Å². The lowest BCUT2D eigenvalue weighted by Crippen LogP contribution is -2.49. The number of thioether (sulfide) groups is 1. The Labute approximate surface area is 186 Å². The Hall–Kier alpha value is -2.31. The van der Waals surface area contributed by atoms with E-state index in [0.29, 0.717) is 6.42 Å². The number of rotatable bonds is 6. The van der Waals surface area contributed by atoms with Crippen molar-refractivity contribution in [2.24, 2.45) is 0 Å². The molecule has 0 spiro atoms. The number of carbonyl (C=O) groups excluding carboxylic acids is 1. The molecule has 30 heavy (non-hydrogen) atoms. The van der Waals surface area contributed by atoms with Crippen molar-refractivity contribution in [2.75, 3.05) is 31.1 Å². The van der Waals surface area contributed by atoms with E-state index in [1.165, 1.54) is 22.4 Å². The van der Waals surface area contributed by atoms with Crippen LogP contribution in [-0.4, -0.2) is 42.0 Å². The number of aryl methyl sites for hydroxylation is 2. The molecule has 6 heteroatoms. The summed E-state index contributed by atoms with van der Waals surface area (Å²) in [6, 6.07) is 17.0. The van der Waals surface area contributed by atoms with Crippen LogP contribution in [0, 0.1) is 13.8 Å². The van der Waals surface area contributed by atoms with Crippen LogP contribution in [-0.2, 0) is 17.0 Å². The van der Waals surface area contributed by atoms with E-state index in [-0.39, 0.29) is 5.91 Å². The molecule has 4 rings (SSSR count).